The van der Waals surface area contributed by atoms with Crippen molar-refractivity contribution in [3.63, 3.8) is 0 Å². The van der Waals surface area contributed by atoms with Gasteiger partial charge in [-0.3, -0.25) is 0 Å². The molecular formula is C20H26N2O3S. The smallest absolute Gasteiger partial charge is 0.240 e. The summed E-state index contributed by atoms with van der Waals surface area (Å²) in [6.45, 7) is 6.82. The number of hydrogen-bond donors (Lipinski definition) is 1. The van der Waals surface area contributed by atoms with Crippen LogP contribution in [-0.2, 0) is 10.0 Å². The van der Waals surface area contributed by atoms with Crippen LogP contribution in [0.1, 0.15) is 18.9 Å². The van der Waals surface area contributed by atoms with E-state index in [0.717, 1.165) is 19.5 Å². The first kappa shape index (κ1) is 18.7. The molecular weight excluding hydrogens is 348 g/mol. The molecule has 1 aliphatic heterocycles. The highest BCUT2D eigenvalue weighted by atomic mass is 32.2. The van der Waals surface area contributed by atoms with E-state index in [0.29, 0.717) is 24.8 Å². The summed E-state index contributed by atoms with van der Waals surface area (Å²) in [4.78, 5) is 2.59. The number of benzene rings is 2. The molecule has 1 N–H and O–H groups in total. The molecule has 0 saturated carbocycles. The van der Waals surface area contributed by atoms with Crippen molar-refractivity contribution in [3.8, 4) is 5.75 Å². The third kappa shape index (κ3) is 4.56. The number of anilines is 1. The molecule has 2 aromatic carbocycles. The van der Waals surface area contributed by atoms with Crippen molar-refractivity contribution in [2.75, 3.05) is 31.1 Å². The summed E-state index contributed by atoms with van der Waals surface area (Å²) in [5, 5.41) is 0. The highest BCUT2D eigenvalue weighted by molar-refractivity contribution is 7.89. The van der Waals surface area contributed by atoms with Gasteiger partial charge in [-0.05, 0) is 68.1 Å². The van der Waals surface area contributed by atoms with Crippen LogP contribution in [0.2, 0.25) is 0 Å². The van der Waals surface area contributed by atoms with Gasteiger partial charge in [-0.15, -0.1) is 0 Å². The molecule has 0 aromatic heterocycles. The van der Waals surface area contributed by atoms with E-state index in [2.05, 4.69) is 40.8 Å². The van der Waals surface area contributed by atoms with E-state index < -0.39 is 10.0 Å². The molecule has 0 spiro atoms. The highest BCUT2D eigenvalue weighted by Crippen LogP contribution is 2.24. The summed E-state index contributed by atoms with van der Waals surface area (Å²) in [5.41, 5.74) is 2.45. The first-order chi connectivity index (χ1) is 12.5. The van der Waals surface area contributed by atoms with Crippen molar-refractivity contribution in [1.82, 2.24) is 4.72 Å². The number of aryl methyl sites for hydroxylation is 1. The Morgan fingerprint density at radius 3 is 2.65 bits per heavy atom. The van der Waals surface area contributed by atoms with E-state index in [9.17, 15) is 8.42 Å². The van der Waals surface area contributed by atoms with Crippen molar-refractivity contribution in [3.05, 3.63) is 54.1 Å². The molecule has 26 heavy (non-hydrogen) atoms. The van der Waals surface area contributed by atoms with Crippen LogP contribution in [-0.4, -0.2) is 34.7 Å². The Hall–Kier alpha value is -2.05. The lowest BCUT2D eigenvalue weighted by Gasteiger charge is -2.19. The van der Waals surface area contributed by atoms with Gasteiger partial charge < -0.3 is 9.64 Å². The minimum absolute atomic E-state index is 0.273. The van der Waals surface area contributed by atoms with Crippen LogP contribution in [0.3, 0.4) is 0 Å². The predicted octanol–water partition coefficient (Wildman–Crippen LogP) is 3.20. The molecule has 0 bridgehead atoms. The summed E-state index contributed by atoms with van der Waals surface area (Å²) in [6.07, 6.45) is 0.986. The maximum Gasteiger partial charge on any atom is 0.240 e. The minimum Gasteiger partial charge on any atom is -0.494 e. The van der Waals surface area contributed by atoms with Crippen LogP contribution < -0.4 is 14.4 Å². The van der Waals surface area contributed by atoms with E-state index in [1.54, 1.807) is 24.3 Å². The fourth-order valence-corrected chi connectivity index (χ4v) is 4.37. The monoisotopic (exact) mass is 374 g/mol. The van der Waals surface area contributed by atoms with Crippen LogP contribution in [0.15, 0.2) is 53.4 Å². The Kier molecular flexibility index (Phi) is 5.84. The van der Waals surface area contributed by atoms with Gasteiger partial charge in [0.2, 0.25) is 10.0 Å². The summed E-state index contributed by atoms with van der Waals surface area (Å²) in [6, 6.07) is 15.0. The molecule has 0 aliphatic carbocycles. The van der Waals surface area contributed by atoms with Gasteiger partial charge in [-0.1, -0.05) is 12.1 Å². The maximum absolute atomic E-state index is 12.5. The summed E-state index contributed by atoms with van der Waals surface area (Å²) in [7, 11) is -3.49. The summed E-state index contributed by atoms with van der Waals surface area (Å²) in [5.74, 6) is 0.990. The summed E-state index contributed by atoms with van der Waals surface area (Å²) >= 11 is 0. The SMILES string of the molecule is CCOc1ccc(S(=O)(=O)NCC2CCN(c3cccc(C)c3)C2)cc1. The van der Waals surface area contributed by atoms with Gasteiger partial charge in [-0.25, -0.2) is 13.1 Å². The van der Waals surface area contributed by atoms with E-state index in [1.165, 1.54) is 11.3 Å². The van der Waals surface area contributed by atoms with E-state index >= 15 is 0 Å². The Morgan fingerprint density at radius 2 is 1.96 bits per heavy atom. The van der Waals surface area contributed by atoms with Crippen molar-refractivity contribution in [2.24, 2.45) is 5.92 Å². The highest BCUT2D eigenvalue weighted by Gasteiger charge is 2.24. The van der Waals surface area contributed by atoms with Crippen LogP contribution >= 0.6 is 0 Å². The van der Waals surface area contributed by atoms with Crippen molar-refractivity contribution >= 4 is 15.7 Å². The normalized spacial score (nSPS) is 17.5. The molecule has 5 nitrogen and oxygen atoms in total. The molecule has 3 rings (SSSR count). The molecule has 1 atom stereocenters. The second-order valence-electron chi connectivity index (χ2n) is 6.70. The molecule has 0 radical (unpaired) electrons. The first-order valence-electron chi connectivity index (χ1n) is 9.02. The lowest BCUT2D eigenvalue weighted by Crippen LogP contribution is -2.31. The zero-order valence-electron chi connectivity index (χ0n) is 15.3. The van der Waals surface area contributed by atoms with Crippen LogP contribution in [0, 0.1) is 12.8 Å². The molecule has 1 unspecified atom stereocenters. The standard InChI is InChI=1S/C20H26N2O3S/c1-3-25-19-7-9-20(10-8-19)26(23,24)21-14-17-11-12-22(15-17)18-6-4-5-16(2)13-18/h4-10,13,17,21H,3,11-12,14-15H2,1-2H3. The van der Waals surface area contributed by atoms with Gasteiger partial charge in [0, 0.05) is 25.3 Å². The first-order valence-corrected chi connectivity index (χ1v) is 10.5. The zero-order chi connectivity index (χ0) is 18.6. The molecule has 1 saturated heterocycles. The largest absolute Gasteiger partial charge is 0.494 e. The van der Waals surface area contributed by atoms with Gasteiger partial charge in [0.25, 0.3) is 0 Å². The van der Waals surface area contributed by atoms with Gasteiger partial charge in [-0.2, -0.15) is 0 Å². The average molecular weight is 375 g/mol. The van der Waals surface area contributed by atoms with Crippen molar-refractivity contribution < 1.29 is 13.2 Å². The predicted molar refractivity (Wildman–Crippen MR) is 104 cm³/mol. The molecule has 1 fully saturated rings. The van der Waals surface area contributed by atoms with E-state index in [-0.39, 0.29) is 4.90 Å². The number of nitrogens with zero attached hydrogens (tertiary/aromatic N) is 1. The fourth-order valence-electron chi connectivity index (χ4n) is 3.25. The molecule has 140 valence electrons. The number of ether oxygens (including phenoxy) is 1. The molecule has 6 heteroatoms. The van der Waals surface area contributed by atoms with Crippen LogP contribution in [0.25, 0.3) is 0 Å². The Labute approximate surface area is 156 Å². The lowest BCUT2D eigenvalue weighted by atomic mass is 10.1. The zero-order valence-corrected chi connectivity index (χ0v) is 16.1. The molecule has 0 amide bonds. The Bertz CT molecular complexity index is 834. The summed E-state index contributed by atoms with van der Waals surface area (Å²) < 4.78 is 33.1. The average Bonchev–Trinajstić information content (AvgIpc) is 3.10. The lowest BCUT2D eigenvalue weighted by molar-refractivity contribution is 0.340. The van der Waals surface area contributed by atoms with Crippen molar-refractivity contribution in [2.45, 2.75) is 25.2 Å². The number of sulfonamides is 1. The molecule has 1 heterocycles. The fraction of sp³-hybridized carbons (Fsp3) is 0.400. The number of rotatable bonds is 7. The van der Waals surface area contributed by atoms with Gasteiger partial charge in [0.15, 0.2) is 0 Å². The minimum atomic E-state index is -3.49. The van der Waals surface area contributed by atoms with Crippen LogP contribution in [0.4, 0.5) is 5.69 Å². The third-order valence-electron chi connectivity index (χ3n) is 4.66. The number of hydrogen-bond acceptors (Lipinski definition) is 4. The van der Waals surface area contributed by atoms with Gasteiger partial charge in [0.1, 0.15) is 5.75 Å². The molecule has 2 aromatic rings. The second-order valence-corrected chi connectivity index (χ2v) is 8.46. The topological polar surface area (TPSA) is 58.6 Å². The Morgan fingerprint density at radius 1 is 1.19 bits per heavy atom. The quantitative estimate of drug-likeness (QED) is 0.809. The second kappa shape index (κ2) is 8.10. The maximum atomic E-state index is 12.5. The van der Waals surface area contributed by atoms with Gasteiger partial charge in [0.05, 0.1) is 11.5 Å². The van der Waals surface area contributed by atoms with Crippen LogP contribution in [0.5, 0.6) is 5.75 Å². The number of nitrogens with one attached hydrogen (secondary N) is 1. The van der Waals surface area contributed by atoms with E-state index in [1.807, 2.05) is 6.92 Å². The van der Waals surface area contributed by atoms with Gasteiger partial charge >= 0.3 is 0 Å². The Balaban J connectivity index is 1.56. The third-order valence-corrected chi connectivity index (χ3v) is 6.10. The van der Waals surface area contributed by atoms with Crippen molar-refractivity contribution in [1.29, 1.82) is 0 Å². The van der Waals surface area contributed by atoms with E-state index in [4.69, 9.17) is 4.74 Å². The molecule has 1 aliphatic rings.